The van der Waals surface area contributed by atoms with E-state index in [-0.39, 0.29) is 71.8 Å². The maximum Gasteiger partial charge on any atom is 1.00 e. The molecule has 4 saturated heterocycles. The molecule has 1 unspecified atom stereocenters. The van der Waals surface area contributed by atoms with Crippen LogP contribution in [0.1, 0.15) is 87.6 Å². The zero-order valence-corrected chi connectivity index (χ0v) is 62.5. The van der Waals surface area contributed by atoms with Crippen molar-refractivity contribution in [2.75, 3.05) is 76.9 Å². The number of aromatic hydroxyl groups is 1. The van der Waals surface area contributed by atoms with Crippen LogP contribution in [-0.4, -0.2) is 268 Å². The fraction of sp³-hybridized carbons (Fsp3) is 0.567. The van der Waals surface area contributed by atoms with E-state index in [0.29, 0.717) is 21.5 Å². The Balaban J connectivity index is 0.0000137. The summed E-state index contributed by atoms with van der Waals surface area (Å²) in [5.41, 5.74) is 3.33. The van der Waals surface area contributed by atoms with Gasteiger partial charge in [0.05, 0.1) is 67.8 Å². The molecule has 13 atom stereocenters. The Hall–Kier alpha value is -6.37. The summed E-state index contributed by atoms with van der Waals surface area (Å²) < 4.78 is 16.1. The van der Waals surface area contributed by atoms with E-state index in [0.717, 1.165) is 84.1 Å². The number of unbranched alkanes of at least 4 members (excludes halogenated alkanes) is 3. The average Bonchev–Trinajstić information content (AvgIpc) is 1.61. The Kier molecular flexibility index (Phi) is 32.0. The molecule has 0 spiro atoms. The molecule has 9 rings (SSSR count). The monoisotopic (exact) mass is 1520 g/mol. The van der Waals surface area contributed by atoms with E-state index in [9.17, 15) is 80.0 Å². The van der Waals surface area contributed by atoms with Crippen LogP contribution in [0.2, 0.25) is 0 Å². The molecule has 564 valence electrons. The van der Waals surface area contributed by atoms with Crippen LogP contribution in [0, 0.1) is 5.92 Å². The van der Waals surface area contributed by atoms with E-state index in [1.54, 1.807) is 30.0 Å². The number of nitrogens with zero attached hydrogens (tertiary/aromatic N) is 6. The van der Waals surface area contributed by atoms with Crippen molar-refractivity contribution in [2.45, 2.75) is 162 Å². The van der Waals surface area contributed by atoms with Crippen molar-refractivity contribution in [1.82, 2.24) is 56.3 Å². The summed E-state index contributed by atoms with van der Waals surface area (Å²) in [5.74, 6) is -8.50. The zero-order chi connectivity index (χ0) is 74.0. The number of phenols is 1. The number of piperidine rings is 1. The van der Waals surface area contributed by atoms with Gasteiger partial charge in [-0.3, -0.25) is 38.6 Å². The number of β-amino-alcohol motifs (C(OH)–C–C–N with tert-alkyl or cyclic N) is 1. The average molecular weight is 1520 g/mol. The molecule has 4 fully saturated rings. The van der Waals surface area contributed by atoms with Gasteiger partial charge in [0.2, 0.25) is 40.4 Å². The molecule has 4 aliphatic rings. The van der Waals surface area contributed by atoms with Gasteiger partial charge in [-0.25, -0.2) is 9.50 Å². The van der Waals surface area contributed by atoms with Gasteiger partial charge >= 0.3 is 29.6 Å². The fourth-order valence-corrected chi connectivity index (χ4v) is 15.3. The van der Waals surface area contributed by atoms with Crippen LogP contribution in [0.4, 0.5) is 5.69 Å². The first kappa shape index (κ1) is 83.3. The Morgan fingerprint density at radius 3 is 2.16 bits per heavy atom. The predicted molar refractivity (Wildman–Crippen MR) is 374 cm³/mol. The number of phenolic OH excluding ortho intramolecular Hbond substituents is 1. The molecule has 0 bridgehead atoms. The Morgan fingerprint density at radius 1 is 0.798 bits per heavy atom. The van der Waals surface area contributed by atoms with Crippen molar-refractivity contribution in [1.29, 1.82) is 0 Å². The number of hydrogen-bond donors (Lipinski definition) is 15. The van der Waals surface area contributed by atoms with Gasteiger partial charge in [-0.1, -0.05) is 49.3 Å². The number of aliphatic hydroxyl groups is 8. The second-order valence-electron chi connectivity index (χ2n) is 26.2. The van der Waals surface area contributed by atoms with Crippen molar-refractivity contribution in [3.8, 4) is 33.3 Å². The number of thioether (sulfide) groups is 1. The van der Waals surface area contributed by atoms with Crippen LogP contribution < -0.4 is 75.8 Å². The number of nitrogens with one attached hydrogen (secondary N) is 6. The number of ether oxygens (including phenoxy) is 1. The van der Waals surface area contributed by atoms with Crippen LogP contribution in [-0.2, 0) is 49.3 Å². The molecule has 0 aliphatic carbocycles. The first-order chi connectivity index (χ1) is 49.5. The molecule has 6 heterocycles. The number of rotatable bonds is 28. The van der Waals surface area contributed by atoms with Gasteiger partial charge in [-0.15, -0.1) is 4.33 Å². The van der Waals surface area contributed by atoms with E-state index < -0.39 is 184 Å². The molecule has 37 heteroatoms. The molecule has 5 aromatic rings. The third kappa shape index (κ3) is 21.9. The van der Waals surface area contributed by atoms with Crippen molar-refractivity contribution in [3.05, 3.63) is 84.1 Å². The summed E-state index contributed by atoms with van der Waals surface area (Å²) in [4.78, 5) is 112. The topological polar surface area (TPSA) is 474 Å². The van der Waals surface area contributed by atoms with E-state index in [1.807, 2.05) is 0 Å². The predicted octanol–water partition coefficient (Wildman–Crippen LogP) is -4.81. The Morgan fingerprint density at radius 2 is 1.48 bits per heavy atom. The first-order valence-electron chi connectivity index (χ1n) is 34.2. The summed E-state index contributed by atoms with van der Waals surface area (Å²) in [7, 11) is 1.74. The Labute approximate surface area is 634 Å². The number of anilines is 1. The SMILES string of the molecule is COCCCCCCSC1CCN(c2ccc(-c3nn4cc(-c5ccc(C(=O)NC6C[C@@H](O)CNC(=O)[C@@H]7[C@@H](O)[C@@H](C)CN7C(=O)[C@H]([C@H](O)CCNC(CO)CO)NC(=O)[C@H]([C@H](O)Cc7ccc(O)c(OSOO[O-])c7)NC(=O)[C@@H]7C[C@@H](O)CN7C(=O)[C@H]([C@@H](C)O)NC6=O)cc5)nc4s3)cc2)CC1.[Na+]. The van der Waals surface area contributed by atoms with E-state index in [1.165, 1.54) is 61.5 Å². The van der Waals surface area contributed by atoms with Gasteiger partial charge in [0.1, 0.15) is 41.3 Å². The summed E-state index contributed by atoms with van der Waals surface area (Å²) in [6.45, 7) is 2.48. The van der Waals surface area contributed by atoms with Crippen molar-refractivity contribution in [2.24, 2.45) is 5.92 Å². The first-order valence-corrected chi connectivity index (χ1v) is 36.7. The number of carbonyl (C=O) groups excluding carboxylic acids is 7. The molecule has 4 aliphatic heterocycles. The number of benzene rings is 3. The van der Waals surface area contributed by atoms with E-state index in [2.05, 4.69) is 82.2 Å². The summed E-state index contributed by atoms with van der Waals surface area (Å²) in [5, 5.41) is 134. The third-order valence-electron chi connectivity index (χ3n) is 18.7. The number of carbonyl (C=O) groups is 7. The summed E-state index contributed by atoms with van der Waals surface area (Å²) in [6, 6.07) is 5.68. The molecular formula is C67H91N12NaO21S3. The number of amides is 7. The van der Waals surface area contributed by atoms with Crippen LogP contribution in [0.25, 0.3) is 26.8 Å². The molecule has 15 N–H and O–H groups in total. The summed E-state index contributed by atoms with van der Waals surface area (Å²) >= 11 is 3.50. The molecular weight excluding hydrogens is 1430 g/mol. The van der Waals surface area contributed by atoms with Crippen LogP contribution in [0.5, 0.6) is 11.5 Å². The maximum atomic E-state index is 15.0. The number of hydrogen-bond acceptors (Lipinski definition) is 28. The second-order valence-corrected chi connectivity index (χ2v) is 29.0. The van der Waals surface area contributed by atoms with Crippen molar-refractivity contribution < 1.29 is 133 Å². The standard InChI is InChI=1S/C67H92N12O21S3.Na/c1-36-31-78-57(58(36)88)63(93)69-30-44(83)28-47(70-59(89)40-11-9-39(10-12-40)48-33-79-67(71-48)102-64(75-79)41-13-15-43(16-14-41)76-22-19-46(20-23-76)101-25-7-5-4-6-24-97-3)60(90)72-54(37(2)82)65(94)77-32-45(84)29-49(77)61(91)73-55(52(87)26-38-8-17-50(85)53(27-38)98-103-100-99-96)62(92)74-56(66(78)95)51(86)18-21-68-42(34-80)35-81;/h8-17,27,33,36-37,42,44-47,49,51-52,54-58,68,80-88,96H,4-7,18-26,28-32,34-35H2,1-3H3,(H,69,93)(H,70,89)(H,72,90)(H,73,91)(H,74,92);/q;+1/p-1/t36-,37+,44+,45+,47?,49-,51+,52+,54-,55-,56-,57-,58-;/m0./s1. The van der Waals surface area contributed by atoms with Gasteiger partial charge in [0, 0.05) is 99.2 Å². The normalized spacial score (nSPS) is 24.4. The maximum absolute atomic E-state index is 15.0. The summed E-state index contributed by atoms with van der Waals surface area (Å²) in [6.07, 6.45) is -3.91. The van der Waals surface area contributed by atoms with Gasteiger partial charge < -0.3 is 107 Å². The van der Waals surface area contributed by atoms with E-state index >= 15 is 4.79 Å². The van der Waals surface area contributed by atoms with Crippen LogP contribution in [0.15, 0.2) is 72.9 Å². The number of methoxy groups -OCH3 is 1. The van der Waals surface area contributed by atoms with Crippen molar-refractivity contribution >= 4 is 87.4 Å². The van der Waals surface area contributed by atoms with Crippen LogP contribution >= 0.6 is 35.4 Å². The van der Waals surface area contributed by atoms with E-state index in [4.69, 9.17) is 19.0 Å². The second kappa shape index (κ2) is 40.0. The van der Waals surface area contributed by atoms with Gasteiger partial charge in [-0.2, -0.15) is 16.9 Å². The largest absolute Gasteiger partial charge is 1.00 e. The van der Waals surface area contributed by atoms with Crippen molar-refractivity contribution in [3.63, 3.8) is 0 Å². The van der Waals surface area contributed by atoms with Gasteiger partial charge in [0.15, 0.2) is 11.5 Å². The molecule has 0 saturated carbocycles. The smallest absolute Gasteiger partial charge is 0.691 e. The van der Waals surface area contributed by atoms with Gasteiger partial charge in [-0.05, 0) is 105 Å². The molecule has 0 radical (unpaired) electrons. The Bertz CT molecular complexity index is 3620. The molecule has 2 aromatic heterocycles. The number of aromatic nitrogens is 3. The molecule has 33 nitrogen and oxygen atoms in total. The van der Waals surface area contributed by atoms with Gasteiger partial charge in [0.25, 0.3) is 18.2 Å². The number of fused-ring (bicyclic) bond motifs is 3. The quantitative estimate of drug-likeness (QED) is 0.00734. The minimum atomic E-state index is -2.17. The molecule has 7 amide bonds. The fourth-order valence-electron chi connectivity index (χ4n) is 12.9. The molecule has 3 aromatic carbocycles. The minimum absolute atomic E-state index is 0. The number of aliphatic hydroxyl groups excluding tert-OH is 8. The number of imidazole rings is 1. The van der Waals surface area contributed by atoms with Crippen LogP contribution in [0.3, 0.4) is 0 Å². The molecule has 104 heavy (non-hydrogen) atoms. The minimum Gasteiger partial charge on any atom is -0.691 e. The third-order valence-corrected chi connectivity index (χ3v) is 21.5. The zero-order valence-electron chi connectivity index (χ0n) is 58.1.